The normalized spacial score (nSPS) is 9.76. The standard InChI is InChI=1S/C18H17N3O3S/c1-13(22)20-14-6-8-15(9-7-14)24-12-18(23)21-16-4-2-3-5-17(16)25-11-10-19/h2-9H,11-12H2,1H3,(H,20,22)(H,21,23). The second-order valence-corrected chi connectivity index (χ2v) is 6.00. The molecular formula is C18H17N3O3S. The van der Waals surface area contributed by atoms with Crippen LogP contribution in [0.25, 0.3) is 0 Å². The van der Waals surface area contributed by atoms with Crippen LogP contribution in [0.15, 0.2) is 53.4 Å². The molecule has 0 aliphatic heterocycles. The average Bonchev–Trinajstić information content (AvgIpc) is 2.60. The number of hydrogen-bond acceptors (Lipinski definition) is 5. The van der Waals surface area contributed by atoms with Crippen LogP contribution in [0, 0.1) is 11.3 Å². The Hall–Kier alpha value is -2.98. The van der Waals surface area contributed by atoms with E-state index in [1.807, 2.05) is 18.2 Å². The topological polar surface area (TPSA) is 91.2 Å². The number of para-hydroxylation sites is 1. The van der Waals surface area contributed by atoms with Gasteiger partial charge in [-0.25, -0.2) is 0 Å². The van der Waals surface area contributed by atoms with Gasteiger partial charge in [-0.05, 0) is 36.4 Å². The first-order valence-corrected chi connectivity index (χ1v) is 8.46. The SMILES string of the molecule is CC(=O)Nc1ccc(OCC(=O)Nc2ccccc2SCC#N)cc1. The minimum Gasteiger partial charge on any atom is -0.484 e. The molecule has 0 aliphatic carbocycles. The van der Waals surface area contributed by atoms with Crippen molar-refractivity contribution in [1.82, 2.24) is 0 Å². The van der Waals surface area contributed by atoms with E-state index < -0.39 is 0 Å². The van der Waals surface area contributed by atoms with E-state index in [-0.39, 0.29) is 18.4 Å². The number of carbonyl (C=O) groups is 2. The van der Waals surface area contributed by atoms with Gasteiger partial charge in [-0.1, -0.05) is 12.1 Å². The number of nitriles is 1. The lowest BCUT2D eigenvalue weighted by Gasteiger charge is -2.11. The molecule has 25 heavy (non-hydrogen) atoms. The van der Waals surface area contributed by atoms with Crippen molar-refractivity contribution in [2.45, 2.75) is 11.8 Å². The van der Waals surface area contributed by atoms with Crippen LogP contribution in [0.5, 0.6) is 5.75 Å². The molecule has 0 fully saturated rings. The molecule has 2 N–H and O–H groups in total. The predicted molar refractivity (Wildman–Crippen MR) is 97.6 cm³/mol. The molecule has 0 atom stereocenters. The van der Waals surface area contributed by atoms with Crippen molar-refractivity contribution in [2.24, 2.45) is 0 Å². The van der Waals surface area contributed by atoms with Crippen LogP contribution in [0.2, 0.25) is 0 Å². The molecular weight excluding hydrogens is 338 g/mol. The number of benzene rings is 2. The van der Waals surface area contributed by atoms with Gasteiger partial charge in [0.05, 0.1) is 17.5 Å². The van der Waals surface area contributed by atoms with Crippen molar-refractivity contribution in [3.05, 3.63) is 48.5 Å². The first kappa shape index (κ1) is 18.4. The van der Waals surface area contributed by atoms with E-state index in [0.717, 1.165) is 4.90 Å². The Bertz CT molecular complexity index is 785. The number of thioether (sulfide) groups is 1. The zero-order valence-corrected chi connectivity index (χ0v) is 14.4. The van der Waals surface area contributed by atoms with Crippen LogP contribution in [-0.2, 0) is 9.59 Å². The molecule has 2 rings (SSSR count). The summed E-state index contributed by atoms with van der Waals surface area (Å²) < 4.78 is 5.44. The zero-order valence-electron chi connectivity index (χ0n) is 13.6. The Kier molecular flexibility index (Phi) is 6.87. The van der Waals surface area contributed by atoms with E-state index in [9.17, 15) is 9.59 Å². The van der Waals surface area contributed by atoms with Crippen LogP contribution in [-0.4, -0.2) is 24.2 Å². The van der Waals surface area contributed by atoms with E-state index >= 15 is 0 Å². The molecule has 2 aromatic rings. The van der Waals surface area contributed by atoms with E-state index in [2.05, 4.69) is 16.7 Å². The fourth-order valence-corrected chi connectivity index (χ4v) is 2.65. The minimum atomic E-state index is -0.295. The van der Waals surface area contributed by atoms with E-state index in [1.165, 1.54) is 18.7 Å². The molecule has 0 aliphatic rings. The molecule has 0 saturated carbocycles. The smallest absolute Gasteiger partial charge is 0.262 e. The number of nitrogens with zero attached hydrogens (tertiary/aromatic N) is 1. The largest absolute Gasteiger partial charge is 0.484 e. The van der Waals surface area contributed by atoms with Crippen LogP contribution in [0.3, 0.4) is 0 Å². The Morgan fingerprint density at radius 3 is 2.52 bits per heavy atom. The molecule has 0 bridgehead atoms. The Balaban J connectivity index is 1.89. The summed E-state index contributed by atoms with van der Waals surface area (Å²) in [6.07, 6.45) is 0. The number of amides is 2. The first-order valence-electron chi connectivity index (χ1n) is 7.47. The second kappa shape index (κ2) is 9.35. The third kappa shape index (κ3) is 6.20. The lowest BCUT2D eigenvalue weighted by atomic mass is 10.3. The van der Waals surface area contributed by atoms with Crippen LogP contribution < -0.4 is 15.4 Å². The molecule has 6 nitrogen and oxygen atoms in total. The maximum Gasteiger partial charge on any atom is 0.262 e. The highest BCUT2D eigenvalue weighted by molar-refractivity contribution is 7.99. The third-order valence-corrected chi connectivity index (χ3v) is 3.94. The van der Waals surface area contributed by atoms with Gasteiger partial charge in [0.25, 0.3) is 5.91 Å². The Labute approximate surface area is 150 Å². The molecule has 7 heteroatoms. The van der Waals surface area contributed by atoms with Crippen molar-refractivity contribution in [3.8, 4) is 11.8 Å². The number of anilines is 2. The predicted octanol–water partition coefficient (Wildman–Crippen LogP) is 3.28. The van der Waals surface area contributed by atoms with E-state index in [4.69, 9.17) is 10.00 Å². The molecule has 0 radical (unpaired) electrons. The minimum absolute atomic E-state index is 0.142. The summed E-state index contributed by atoms with van der Waals surface area (Å²) in [5.74, 6) is 0.387. The number of nitrogens with one attached hydrogen (secondary N) is 2. The van der Waals surface area contributed by atoms with Gasteiger partial charge in [0.15, 0.2) is 6.61 Å². The number of hydrogen-bond donors (Lipinski definition) is 2. The van der Waals surface area contributed by atoms with E-state index in [1.54, 1.807) is 30.3 Å². The van der Waals surface area contributed by atoms with Crippen molar-refractivity contribution < 1.29 is 14.3 Å². The van der Waals surface area contributed by atoms with Crippen LogP contribution in [0.1, 0.15) is 6.92 Å². The van der Waals surface area contributed by atoms with Crippen molar-refractivity contribution in [1.29, 1.82) is 5.26 Å². The maximum atomic E-state index is 12.1. The molecule has 2 amide bonds. The number of carbonyl (C=O) groups excluding carboxylic acids is 2. The Morgan fingerprint density at radius 2 is 1.84 bits per heavy atom. The molecule has 2 aromatic carbocycles. The lowest BCUT2D eigenvalue weighted by molar-refractivity contribution is -0.118. The zero-order chi connectivity index (χ0) is 18.1. The van der Waals surface area contributed by atoms with Crippen LogP contribution in [0.4, 0.5) is 11.4 Å². The molecule has 0 spiro atoms. The van der Waals surface area contributed by atoms with Gasteiger partial charge in [-0.15, -0.1) is 11.8 Å². The fourth-order valence-electron chi connectivity index (χ4n) is 1.98. The van der Waals surface area contributed by atoms with Gasteiger partial charge >= 0.3 is 0 Å². The van der Waals surface area contributed by atoms with Gasteiger partial charge in [0.2, 0.25) is 5.91 Å². The Morgan fingerprint density at radius 1 is 1.12 bits per heavy atom. The second-order valence-electron chi connectivity index (χ2n) is 4.99. The van der Waals surface area contributed by atoms with Gasteiger partial charge < -0.3 is 15.4 Å². The summed E-state index contributed by atoms with van der Waals surface area (Å²) in [4.78, 5) is 23.9. The van der Waals surface area contributed by atoms with Crippen molar-refractivity contribution in [3.63, 3.8) is 0 Å². The highest BCUT2D eigenvalue weighted by Crippen LogP contribution is 2.26. The van der Waals surface area contributed by atoms with Crippen molar-refractivity contribution in [2.75, 3.05) is 23.0 Å². The lowest BCUT2D eigenvalue weighted by Crippen LogP contribution is -2.20. The summed E-state index contributed by atoms with van der Waals surface area (Å²) in [6, 6.07) is 16.1. The van der Waals surface area contributed by atoms with Crippen LogP contribution >= 0.6 is 11.8 Å². The maximum absolute atomic E-state index is 12.1. The molecule has 0 unspecified atom stereocenters. The van der Waals surface area contributed by atoms with Gasteiger partial charge in [0.1, 0.15) is 5.75 Å². The summed E-state index contributed by atoms with van der Waals surface area (Å²) in [5, 5.41) is 14.1. The quantitative estimate of drug-likeness (QED) is 0.744. The highest BCUT2D eigenvalue weighted by atomic mass is 32.2. The molecule has 0 aromatic heterocycles. The molecule has 0 heterocycles. The van der Waals surface area contributed by atoms with Crippen molar-refractivity contribution >= 4 is 35.0 Å². The summed E-state index contributed by atoms with van der Waals surface area (Å²) in [6.45, 7) is 1.29. The summed E-state index contributed by atoms with van der Waals surface area (Å²) >= 11 is 1.36. The van der Waals surface area contributed by atoms with Gasteiger partial charge in [-0.3, -0.25) is 9.59 Å². The van der Waals surface area contributed by atoms with E-state index in [0.29, 0.717) is 22.9 Å². The number of rotatable bonds is 7. The fraction of sp³-hybridized carbons (Fsp3) is 0.167. The first-order chi connectivity index (χ1) is 12.1. The highest BCUT2D eigenvalue weighted by Gasteiger charge is 2.08. The molecule has 0 saturated heterocycles. The summed E-state index contributed by atoms with van der Waals surface area (Å²) in [7, 11) is 0. The summed E-state index contributed by atoms with van der Waals surface area (Å²) in [5.41, 5.74) is 1.31. The van der Waals surface area contributed by atoms with Gasteiger partial charge in [0, 0.05) is 17.5 Å². The number of ether oxygens (including phenoxy) is 1. The molecule has 128 valence electrons. The van der Waals surface area contributed by atoms with Gasteiger partial charge in [-0.2, -0.15) is 5.26 Å². The average molecular weight is 355 g/mol. The monoisotopic (exact) mass is 355 g/mol. The third-order valence-electron chi connectivity index (χ3n) is 3.00.